The van der Waals surface area contributed by atoms with Crippen molar-refractivity contribution in [2.45, 2.75) is 0 Å². The second-order valence-corrected chi connectivity index (χ2v) is 7.05. The summed E-state index contributed by atoms with van der Waals surface area (Å²) in [5.74, 6) is 0. The van der Waals surface area contributed by atoms with E-state index in [1.807, 2.05) is 42.8 Å². The molecule has 1 aromatic carbocycles. The second-order valence-electron chi connectivity index (χ2n) is 5.94. The van der Waals surface area contributed by atoms with Crippen molar-refractivity contribution < 1.29 is 0 Å². The van der Waals surface area contributed by atoms with E-state index in [2.05, 4.69) is 30.7 Å². The SMILES string of the molecule is CN=C/C(=C\N)c1cnc2ccc(-c3cncc(NSN(C)C)c3)cc2n1. The van der Waals surface area contributed by atoms with Gasteiger partial charge in [-0.05, 0) is 37.9 Å². The molecular weight excluding hydrogens is 358 g/mol. The predicted octanol–water partition coefficient (Wildman–Crippen LogP) is 3.23. The van der Waals surface area contributed by atoms with Crippen LogP contribution in [0.15, 0.2) is 54.0 Å². The van der Waals surface area contributed by atoms with Crippen LogP contribution in [0.2, 0.25) is 0 Å². The quantitative estimate of drug-likeness (QED) is 0.502. The Labute approximate surface area is 162 Å². The van der Waals surface area contributed by atoms with Gasteiger partial charge in [0.15, 0.2) is 0 Å². The lowest BCUT2D eigenvalue weighted by atomic mass is 10.1. The highest BCUT2D eigenvalue weighted by molar-refractivity contribution is 7.98. The summed E-state index contributed by atoms with van der Waals surface area (Å²) in [5.41, 5.74) is 11.6. The van der Waals surface area contributed by atoms with Gasteiger partial charge in [-0.25, -0.2) is 9.29 Å². The minimum atomic E-state index is 0.684. The maximum absolute atomic E-state index is 5.68. The summed E-state index contributed by atoms with van der Waals surface area (Å²) >= 11 is 1.49. The fourth-order valence-corrected chi connectivity index (χ4v) is 2.86. The third-order valence-corrected chi connectivity index (χ3v) is 4.40. The summed E-state index contributed by atoms with van der Waals surface area (Å²) in [6, 6.07) is 8.03. The Morgan fingerprint density at radius 3 is 2.74 bits per heavy atom. The van der Waals surface area contributed by atoms with E-state index in [9.17, 15) is 0 Å². The zero-order valence-electron chi connectivity index (χ0n) is 15.4. The highest BCUT2D eigenvalue weighted by Crippen LogP contribution is 2.26. The van der Waals surface area contributed by atoms with Crippen LogP contribution in [0.3, 0.4) is 0 Å². The molecule has 27 heavy (non-hydrogen) atoms. The van der Waals surface area contributed by atoms with Crippen LogP contribution in [0.4, 0.5) is 5.69 Å². The molecule has 0 atom stereocenters. The Morgan fingerprint density at radius 2 is 2.00 bits per heavy atom. The number of fused-ring (bicyclic) bond motifs is 1. The fraction of sp³-hybridized carbons (Fsp3) is 0.158. The lowest BCUT2D eigenvalue weighted by molar-refractivity contribution is 0.706. The molecule has 0 saturated carbocycles. The number of nitrogens with two attached hydrogens (primary N) is 1. The molecule has 3 aromatic rings. The number of rotatable bonds is 6. The highest BCUT2D eigenvalue weighted by Gasteiger charge is 2.07. The Balaban J connectivity index is 1.97. The number of nitrogens with zero attached hydrogens (tertiary/aromatic N) is 5. The van der Waals surface area contributed by atoms with E-state index in [4.69, 9.17) is 5.73 Å². The molecule has 0 unspecified atom stereocenters. The Kier molecular flexibility index (Phi) is 6.00. The molecule has 0 aliphatic carbocycles. The predicted molar refractivity (Wildman–Crippen MR) is 114 cm³/mol. The van der Waals surface area contributed by atoms with Crippen molar-refractivity contribution >= 4 is 40.6 Å². The molecule has 8 heteroatoms. The van der Waals surface area contributed by atoms with Gasteiger partial charge in [0.2, 0.25) is 0 Å². The summed E-state index contributed by atoms with van der Waals surface area (Å²) in [7, 11) is 5.64. The summed E-state index contributed by atoms with van der Waals surface area (Å²) < 4.78 is 5.23. The molecule has 7 nitrogen and oxygen atoms in total. The Morgan fingerprint density at radius 1 is 1.15 bits per heavy atom. The number of hydrogen-bond acceptors (Lipinski definition) is 8. The zero-order valence-corrected chi connectivity index (χ0v) is 16.2. The van der Waals surface area contributed by atoms with E-state index in [-0.39, 0.29) is 0 Å². The number of benzene rings is 1. The van der Waals surface area contributed by atoms with Gasteiger partial charge in [-0.1, -0.05) is 6.07 Å². The van der Waals surface area contributed by atoms with Crippen LogP contribution in [-0.2, 0) is 0 Å². The van der Waals surface area contributed by atoms with Crippen molar-refractivity contribution in [2.24, 2.45) is 10.7 Å². The minimum absolute atomic E-state index is 0.684. The summed E-state index contributed by atoms with van der Waals surface area (Å²) in [4.78, 5) is 17.5. The van der Waals surface area contributed by atoms with Crippen molar-refractivity contribution in [3.63, 3.8) is 0 Å². The molecule has 0 aliphatic heterocycles. The van der Waals surface area contributed by atoms with Gasteiger partial charge in [-0.15, -0.1) is 0 Å². The van der Waals surface area contributed by atoms with Gasteiger partial charge in [-0.2, -0.15) is 0 Å². The van der Waals surface area contributed by atoms with Gasteiger partial charge >= 0.3 is 0 Å². The maximum atomic E-state index is 5.68. The van der Waals surface area contributed by atoms with Gasteiger partial charge in [0.1, 0.15) is 0 Å². The van der Waals surface area contributed by atoms with Crippen LogP contribution < -0.4 is 10.5 Å². The maximum Gasteiger partial charge on any atom is 0.0922 e. The molecule has 2 heterocycles. The number of allylic oxidation sites excluding steroid dienone is 1. The van der Waals surface area contributed by atoms with Crippen molar-refractivity contribution in [1.29, 1.82) is 0 Å². The van der Waals surface area contributed by atoms with E-state index in [0.717, 1.165) is 33.4 Å². The Bertz CT molecular complexity index is 998. The first-order valence-corrected chi connectivity index (χ1v) is 9.05. The number of aromatic nitrogens is 3. The summed E-state index contributed by atoms with van der Waals surface area (Å²) in [6.07, 6.45) is 8.47. The summed E-state index contributed by atoms with van der Waals surface area (Å²) in [6.45, 7) is 0. The number of hydrogen-bond donors (Lipinski definition) is 2. The minimum Gasteiger partial charge on any atom is -0.404 e. The molecular formula is C19H21N7S. The normalized spacial score (nSPS) is 12.2. The molecule has 3 rings (SSSR count). The molecule has 0 saturated heterocycles. The van der Waals surface area contributed by atoms with Gasteiger partial charge in [0, 0.05) is 48.9 Å². The van der Waals surface area contributed by atoms with E-state index < -0.39 is 0 Å². The van der Waals surface area contributed by atoms with Crippen LogP contribution in [-0.4, -0.2) is 46.6 Å². The lowest BCUT2D eigenvalue weighted by Gasteiger charge is -2.11. The second kappa shape index (κ2) is 8.61. The van der Waals surface area contributed by atoms with Crippen LogP contribution in [0.5, 0.6) is 0 Å². The molecule has 0 fully saturated rings. The smallest absolute Gasteiger partial charge is 0.0922 e. The van der Waals surface area contributed by atoms with Crippen molar-refractivity contribution in [2.75, 3.05) is 25.9 Å². The third kappa shape index (κ3) is 4.60. The van der Waals surface area contributed by atoms with E-state index in [1.165, 1.54) is 18.3 Å². The summed E-state index contributed by atoms with van der Waals surface area (Å²) in [5, 5.41) is 0. The van der Waals surface area contributed by atoms with Crippen molar-refractivity contribution in [1.82, 2.24) is 19.3 Å². The molecule has 0 aliphatic rings. The highest BCUT2D eigenvalue weighted by atomic mass is 32.2. The number of nitrogens with one attached hydrogen (secondary N) is 1. The lowest BCUT2D eigenvalue weighted by Crippen LogP contribution is -2.04. The van der Waals surface area contributed by atoms with Crippen molar-refractivity contribution in [3.8, 4) is 11.1 Å². The average Bonchev–Trinajstić information content (AvgIpc) is 2.70. The molecule has 3 N–H and O–H groups in total. The van der Waals surface area contributed by atoms with Gasteiger partial charge in [-0.3, -0.25) is 15.0 Å². The topological polar surface area (TPSA) is 92.3 Å². The monoisotopic (exact) mass is 379 g/mol. The molecule has 0 radical (unpaired) electrons. The number of aliphatic imine (C=N–C) groups is 1. The largest absolute Gasteiger partial charge is 0.404 e. The van der Waals surface area contributed by atoms with E-state index >= 15 is 0 Å². The molecule has 2 aromatic heterocycles. The van der Waals surface area contributed by atoms with E-state index in [1.54, 1.807) is 25.7 Å². The van der Waals surface area contributed by atoms with Crippen LogP contribution in [0.25, 0.3) is 27.7 Å². The fourth-order valence-electron chi connectivity index (χ4n) is 2.46. The van der Waals surface area contributed by atoms with Crippen molar-refractivity contribution in [3.05, 3.63) is 54.7 Å². The Hall–Kier alpha value is -2.97. The van der Waals surface area contributed by atoms with E-state index in [0.29, 0.717) is 5.69 Å². The number of anilines is 1. The molecule has 0 spiro atoms. The molecule has 0 bridgehead atoms. The third-order valence-electron chi connectivity index (χ3n) is 3.70. The average molecular weight is 379 g/mol. The van der Waals surface area contributed by atoms with Gasteiger partial charge in [0.05, 0.1) is 34.8 Å². The van der Waals surface area contributed by atoms with Crippen LogP contribution in [0, 0.1) is 0 Å². The standard InChI is InChI=1S/C19H21N7S/c1-21-9-15(8-20)19-12-23-17-5-4-13(7-18(17)24-19)14-6-16(11-22-10-14)25-27-26(2)3/h4-12,25H,20H2,1-3H3/b15-8+,21-9?. The first kappa shape index (κ1) is 18.8. The van der Waals surface area contributed by atoms with Crippen LogP contribution >= 0.6 is 12.1 Å². The number of pyridine rings is 1. The van der Waals surface area contributed by atoms with Crippen LogP contribution in [0.1, 0.15) is 5.69 Å². The molecule has 0 amide bonds. The molecule has 138 valence electrons. The van der Waals surface area contributed by atoms with Gasteiger partial charge in [0.25, 0.3) is 0 Å². The van der Waals surface area contributed by atoms with Gasteiger partial charge < -0.3 is 10.5 Å². The zero-order chi connectivity index (χ0) is 19.2. The first-order chi connectivity index (χ1) is 13.1. The first-order valence-electron chi connectivity index (χ1n) is 8.27.